The predicted molar refractivity (Wildman–Crippen MR) is 104 cm³/mol. The van der Waals surface area contributed by atoms with E-state index >= 15 is 0 Å². The van der Waals surface area contributed by atoms with Gasteiger partial charge >= 0.3 is 0 Å². The molecule has 0 aliphatic carbocycles. The van der Waals surface area contributed by atoms with E-state index in [9.17, 15) is 9.59 Å². The molecule has 142 valence electrons. The van der Waals surface area contributed by atoms with E-state index in [1.54, 1.807) is 23.2 Å². The molecular weight excluding hydrogens is 366 g/mol. The average Bonchev–Trinajstić information content (AvgIpc) is 3.28. The van der Waals surface area contributed by atoms with Crippen LogP contribution in [0.3, 0.4) is 0 Å². The summed E-state index contributed by atoms with van der Waals surface area (Å²) in [6, 6.07) is 7.16. The Labute approximate surface area is 163 Å². The average molecular weight is 388 g/mol. The Balaban J connectivity index is 1.37. The summed E-state index contributed by atoms with van der Waals surface area (Å²) in [6.07, 6.45) is 3.96. The smallest absolute Gasteiger partial charge is 0.228 e. The number of hydrogen-bond donors (Lipinski definition) is 0. The summed E-state index contributed by atoms with van der Waals surface area (Å²) in [6.45, 7) is 3.23. The van der Waals surface area contributed by atoms with Crippen molar-refractivity contribution in [3.05, 3.63) is 41.7 Å². The van der Waals surface area contributed by atoms with Crippen LogP contribution in [-0.4, -0.2) is 59.0 Å². The lowest BCUT2D eigenvalue weighted by atomic mass is 10.1. The first kappa shape index (κ1) is 17.9. The lowest BCUT2D eigenvalue weighted by Gasteiger charge is -2.36. The van der Waals surface area contributed by atoms with E-state index in [0.717, 1.165) is 24.7 Å². The molecule has 4 rings (SSSR count). The summed E-state index contributed by atoms with van der Waals surface area (Å²) >= 11 is 5.92. The molecule has 27 heavy (non-hydrogen) atoms. The Kier molecular flexibility index (Phi) is 4.78. The highest BCUT2D eigenvalue weighted by molar-refractivity contribution is 6.30. The van der Waals surface area contributed by atoms with Crippen molar-refractivity contribution in [3.63, 3.8) is 0 Å². The van der Waals surface area contributed by atoms with Gasteiger partial charge in [-0.05, 0) is 24.3 Å². The van der Waals surface area contributed by atoms with Crippen molar-refractivity contribution in [1.29, 1.82) is 0 Å². The van der Waals surface area contributed by atoms with Gasteiger partial charge in [0.2, 0.25) is 17.8 Å². The zero-order chi connectivity index (χ0) is 19.0. The molecule has 1 aromatic carbocycles. The summed E-state index contributed by atoms with van der Waals surface area (Å²) in [5.74, 6) is 0.696. The summed E-state index contributed by atoms with van der Waals surface area (Å²) < 4.78 is 1.98. The van der Waals surface area contributed by atoms with Crippen LogP contribution in [0, 0.1) is 5.92 Å². The van der Waals surface area contributed by atoms with Gasteiger partial charge in [0, 0.05) is 69.3 Å². The maximum atomic E-state index is 12.9. The molecule has 8 heteroatoms. The van der Waals surface area contributed by atoms with E-state index in [1.165, 1.54) is 0 Å². The van der Waals surface area contributed by atoms with Crippen molar-refractivity contribution in [2.75, 3.05) is 42.5 Å². The van der Waals surface area contributed by atoms with Crippen molar-refractivity contribution in [3.8, 4) is 0 Å². The molecule has 1 atom stereocenters. The number of carbonyl (C=O) groups is 2. The molecule has 0 N–H and O–H groups in total. The molecule has 0 radical (unpaired) electrons. The number of carbonyl (C=O) groups excluding carboxylic acids is 2. The molecule has 0 unspecified atom stereocenters. The highest BCUT2D eigenvalue weighted by Gasteiger charge is 2.38. The van der Waals surface area contributed by atoms with Crippen LogP contribution >= 0.6 is 11.6 Å². The Bertz CT molecular complexity index is 842. The standard InChI is InChI=1S/C19H22ClN5O2/c1-22-7-6-21-19(22)24-10-8-23(9-11-24)18(27)14-12-17(26)25(13-14)16-4-2-15(20)3-5-16/h2-7,14H,8-13H2,1H3/t14-/m0/s1. The Morgan fingerprint density at radius 3 is 2.48 bits per heavy atom. The largest absolute Gasteiger partial charge is 0.339 e. The van der Waals surface area contributed by atoms with Crippen molar-refractivity contribution in [1.82, 2.24) is 14.5 Å². The third-order valence-electron chi connectivity index (χ3n) is 5.28. The van der Waals surface area contributed by atoms with Gasteiger partial charge < -0.3 is 19.3 Å². The fourth-order valence-corrected chi connectivity index (χ4v) is 3.92. The van der Waals surface area contributed by atoms with Crippen molar-refractivity contribution in [2.45, 2.75) is 6.42 Å². The molecule has 2 fully saturated rings. The summed E-state index contributed by atoms with van der Waals surface area (Å²) in [5, 5.41) is 0.628. The second-order valence-electron chi connectivity index (χ2n) is 7.03. The van der Waals surface area contributed by atoms with Gasteiger partial charge in [-0.1, -0.05) is 11.6 Å². The van der Waals surface area contributed by atoms with Crippen molar-refractivity contribution < 1.29 is 9.59 Å². The number of aromatic nitrogens is 2. The predicted octanol–water partition coefficient (Wildman–Crippen LogP) is 1.78. The Hall–Kier alpha value is -2.54. The number of benzene rings is 1. The number of aryl methyl sites for hydroxylation is 1. The van der Waals surface area contributed by atoms with Crippen molar-refractivity contribution >= 4 is 35.1 Å². The van der Waals surface area contributed by atoms with Gasteiger partial charge in [-0.2, -0.15) is 0 Å². The molecular formula is C19H22ClN5O2. The zero-order valence-electron chi connectivity index (χ0n) is 15.2. The number of piperazine rings is 1. The van der Waals surface area contributed by atoms with Crippen LogP contribution in [-0.2, 0) is 16.6 Å². The number of amides is 2. The van der Waals surface area contributed by atoms with Crippen LogP contribution in [0.5, 0.6) is 0 Å². The third-order valence-corrected chi connectivity index (χ3v) is 5.53. The van der Waals surface area contributed by atoms with Crippen LogP contribution < -0.4 is 9.80 Å². The molecule has 2 aliphatic heterocycles. The maximum absolute atomic E-state index is 12.9. The topological polar surface area (TPSA) is 61.7 Å². The van der Waals surface area contributed by atoms with Crippen molar-refractivity contribution in [2.24, 2.45) is 13.0 Å². The van der Waals surface area contributed by atoms with Crippen LogP contribution in [0.4, 0.5) is 11.6 Å². The molecule has 0 bridgehead atoms. The summed E-state index contributed by atoms with van der Waals surface area (Å²) in [4.78, 5) is 35.4. The minimum Gasteiger partial charge on any atom is -0.339 e. The molecule has 3 heterocycles. The molecule has 2 amide bonds. The van der Waals surface area contributed by atoms with E-state index < -0.39 is 0 Å². The maximum Gasteiger partial charge on any atom is 0.228 e. The van der Waals surface area contributed by atoms with Crippen LogP contribution in [0.1, 0.15) is 6.42 Å². The van der Waals surface area contributed by atoms with Gasteiger partial charge in [0.1, 0.15) is 0 Å². The van der Waals surface area contributed by atoms with Crippen LogP contribution in [0.2, 0.25) is 5.02 Å². The van der Waals surface area contributed by atoms with Gasteiger partial charge in [0.15, 0.2) is 0 Å². The minimum absolute atomic E-state index is 0.0117. The second kappa shape index (κ2) is 7.23. The van der Waals surface area contributed by atoms with Gasteiger partial charge in [-0.3, -0.25) is 9.59 Å². The molecule has 2 saturated heterocycles. The molecule has 2 aliphatic rings. The number of imidazole rings is 1. The van der Waals surface area contributed by atoms with Crippen LogP contribution in [0.25, 0.3) is 0 Å². The number of nitrogens with zero attached hydrogens (tertiary/aromatic N) is 5. The molecule has 7 nitrogen and oxygen atoms in total. The number of hydrogen-bond acceptors (Lipinski definition) is 4. The highest BCUT2D eigenvalue weighted by Crippen LogP contribution is 2.28. The fourth-order valence-electron chi connectivity index (χ4n) is 3.79. The Morgan fingerprint density at radius 2 is 1.85 bits per heavy atom. The molecule has 1 aromatic heterocycles. The zero-order valence-corrected chi connectivity index (χ0v) is 16.0. The quantitative estimate of drug-likeness (QED) is 0.805. The Morgan fingerprint density at radius 1 is 1.15 bits per heavy atom. The van der Waals surface area contributed by atoms with Crippen LogP contribution in [0.15, 0.2) is 36.7 Å². The summed E-state index contributed by atoms with van der Waals surface area (Å²) in [5.41, 5.74) is 0.791. The number of halogens is 1. The van der Waals surface area contributed by atoms with Gasteiger partial charge in [-0.15, -0.1) is 0 Å². The van der Waals surface area contributed by atoms with E-state index in [1.807, 2.05) is 34.8 Å². The molecule has 2 aromatic rings. The van der Waals surface area contributed by atoms with E-state index in [4.69, 9.17) is 11.6 Å². The third kappa shape index (κ3) is 3.51. The molecule has 0 saturated carbocycles. The first-order valence-corrected chi connectivity index (χ1v) is 9.48. The second-order valence-corrected chi connectivity index (χ2v) is 7.47. The monoisotopic (exact) mass is 387 g/mol. The first-order valence-electron chi connectivity index (χ1n) is 9.10. The van der Waals surface area contributed by atoms with Gasteiger partial charge in [0.25, 0.3) is 0 Å². The lowest BCUT2D eigenvalue weighted by molar-refractivity contribution is -0.136. The normalized spacial score (nSPS) is 20.4. The number of rotatable bonds is 3. The van der Waals surface area contributed by atoms with E-state index in [0.29, 0.717) is 24.7 Å². The van der Waals surface area contributed by atoms with Gasteiger partial charge in [-0.25, -0.2) is 4.98 Å². The van der Waals surface area contributed by atoms with E-state index in [2.05, 4.69) is 9.88 Å². The first-order chi connectivity index (χ1) is 13.0. The minimum atomic E-state index is -0.284. The highest BCUT2D eigenvalue weighted by atomic mass is 35.5. The summed E-state index contributed by atoms with van der Waals surface area (Å²) in [7, 11) is 1.97. The van der Waals surface area contributed by atoms with Gasteiger partial charge in [0.05, 0.1) is 5.92 Å². The SMILES string of the molecule is Cn1ccnc1N1CCN(C(=O)[C@H]2CC(=O)N(c3ccc(Cl)cc3)C2)CC1. The fraction of sp³-hybridized carbons (Fsp3) is 0.421. The lowest BCUT2D eigenvalue weighted by Crippen LogP contribution is -2.51. The molecule has 0 spiro atoms. The number of anilines is 2. The van der Waals surface area contributed by atoms with E-state index in [-0.39, 0.29) is 24.2 Å².